The molecule has 0 saturated carbocycles. The van der Waals surface area contributed by atoms with E-state index in [1.165, 1.54) is 0 Å². The zero-order valence-electron chi connectivity index (χ0n) is 6.81. The summed E-state index contributed by atoms with van der Waals surface area (Å²) in [6, 6.07) is 7.45. The van der Waals surface area contributed by atoms with Gasteiger partial charge in [0.15, 0.2) is 0 Å². The maximum absolute atomic E-state index is 5.84. The third-order valence-corrected chi connectivity index (χ3v) is 2.05. The summed E-state index contributed by atoms with van der Waals surface area (Å²) in [6.45, 7) is 0. The smallest absolute Gasteiger partial charge is 0.144 e. The van der Waals surface area contributed by atoms with Crippen LogP contribution in [0.25, 0.3) is 0 Å². The fourth-order valence-corrected chi connectivity index (χ4v) is 1.41. The maximum atomic E-state index is 5.84. The summed E-state index contributed by atoms with van der Waals surface area (Å²) in [5.41, 5.74) is 6.48. The van der Waals surface area contributed by atoms with Gasteiger partial charge >= 0.3 is 0 Å². The number of hydrogen-bond donors (Lipinski definition) is 1. The molecule has 1 aliphatic heterocycles. The van der Waals surface area contributed by atoms with E-state index in [1.807, 2.05) is 24.3 Å². The first-order chi connectivity index (χ1) is 6.25. The van der Waals surface area contributed by atoms with Crippen LogP contribution in [0.1, 0.15) is 11.6 Å². The summed E-state index contributed by atoms with van der Waals surface area (Å²) in [6.07, 6.45) is 1.80. The van der Waals surface area contributed by atoms with Crippen molar-refractivity contribution in [3.63, 3.8) is 0 Å². The number of azo groups is 1. The zero-order chi connectivity index (χ0) is 9.26. The molecule has 0 bridgehead atoms. The van der Waals surface area contributed by atoms with Crippen molar-refractivity contribution >= 4 is 11.6 Å². The molecule has 1 aromatic rings. The summed E-state index contributed by atoms with van der Waals surface area (Å²) in [5, 5.41) is 8.42. The van der Waals surface area contributed by atoms with Gasteiger partial charge in [-0.1, -0.05) is 23.7 Å². The predicted octanol–water partition coefficient (Wildman–Crippen LogP) is 2.65. The third-order valence-electron chi connectivity index (χ3n) is 1.82. The molecule has 1 aliphatic rings. The molecule has 1 atom stereocenters. The Labute approximate surface area is 80.9 Å². The van der Waals surface area contributed by atoms with Gasteiger partial charge in [0.05, 0.1) is 0 Å². The average Bonchev–Trinajstić information content (AvgIpc) is 2.52. The van der Waals surface area contributed by atoms with E-state index in [4.69, 9.17) is 17.3 Å². The van der Waals surface area contributed by atoms with Gasteiger partial charge in [-0.05, 0) is 23.8 Å². The van der Waals surface area contributed by atoms with Crippen LogP contribution in [0.3, 0.4) is 0 Å². The molecule has 13 heavy (non-hydrogen) atoms. The normalized spacial score (nSPS) is 20.4. The molecule has 3 nitrogen and oxygen atoms in total. The van der Waals surface area contributed by atoms with Crippen LogP contribution in [-0.4, -0.2) is 0 Å². The summed E-state index contributed by atoms with van der Waals surface area (Å²) in [4.78, 5) is 0. The molecule has 0 radical (unpaired) electrons. The largest absolute Gasteiger partial charge is 0.382 e. The van der Waals surface area contributed by atoms with Crippen molar-refractivity contribution in [2.24, 2.45) is 16.0 Å². The Hall–Kier alpha value is -1.35. The van der Waals surface area contributed by atoms with Crippen LogP contribution in [-0.2, 0) is 0 Å². The lowest BCUT2D eigenvalue weighted by molar-refractivity contribution is 0.879. The first-order valence-electron chi connectivity index (χ1n) is 3.89. The molecule has 0 fully saturated rings. The van der Waals surface area contributed by atoms with Crippen LogP contribution >= 0.6 is 11.6 Å². The molecule has 0 aromatic heterocycles. The van der Waals surface area contributed by atoms with Crippen LogP contribution in [0.4, 0.5) is 0 Å². The van der Waals surface area contributed by atoms with Gasteiger partial charge in [0.25, 0.3) is 0 Å². The molecule has 0 spiro atoms. The van der Waals surface area contributed by atoms with Crippen molar-refractivity contribution in [3.05, 3.63) is 46.7 Å². The number of nitrogens with two attached hydrogens (primary N) is 1. The average molecular weight is 194 g/mol. The van der Waals surface area contributed by atoms with Crippen molar-refractivity contribution in [2.75, 3.05) is 0 Å². The SMILES string of the molecule is NC1=C[C@@H](c2cccc(Cl)c2)N=N1. The fraction of sp³-hybridized carbons (Fsp3) is 0.111. The van der Waals surface area contributed by atoms with Crippen LogP contribution in [0, 0.1) is 0 Å². The number of nitrogens with zero attached hydrogens (tertiary/aromatic N) is 2. The predicted molar refractivity (Wildman–Crippen MR) is 51.3 cm³/mol. The highest BCUT2D eigenvalue weighted by molar-refractivity contribution is 6.30. The van der Waals surface area contributed by atoms with Crippen LogP contribution < -0.4 is 5.73 Å². The molecule has 4 heteroatoms. The third kappa shape index (κ3) is 1.70. The molecule has 0 saturated heterocycles. The molecule has 1 heterocycles. The number of rotatable bonds is 1. The van der Waals surface area contributed by atoms with E-state index in [2.05, 4.69) is 10.2 Å². The molecular formula is C9H8ClN3. The fourth-order valence-electron chi connectivity index (χ4n) is 1.21. The van der Waals surface area contributed by atoms with Gasteiger partial charge in [-0.3, -0.25) is 0 Å². The maximum Gasteiger partial charge on any atom is 0.144 e. The minimum absolute atomic E-state index is 0.0706. The van der Waals surface area contributed by atoms with E-state index in [1.54, 1.807) is 6.08 Å². The van der Waals surface area contributed by atoms with Gasteiger partial charge in [0.1, 0.15) is 11.9 Å². The molecule has 0 unspecified atom stereocenters. The van der Waals surface area contributed by atoms with Gasteiger partial charge in [-0.15, -0.1) is 5.11 Å². The Kier molecular flexibility index (Phi) is 2.02. The molecule has 2 rings (SSSR count). The van der Waals surface area contributed by atoms with Crippen molar-refractivity contribution in [1.82, 2.24) is 0 Å². The topological polar surface area (TPSA) is 50.7 Å². The van der Waals surface area contributed by atoms with E-state index in [0.717, 1.165) is 5.56 Å². The van der Waals surface area contributed by atoms with E-state index < -0.39 is 0 Å². The standard InChI is InChI=1S/C9H8ClN3/c10-7-3-1-2-6(4-7)8-5-9(11)13-12-8/h1-5,8H,11H2/t8-/m0/s1. The quantitative estimate of drug-likeness (QED) is 0.733. The molecule has 0 amide bonds. The van der Waals surface area contributed by atoms with Gasteiger partial charge in [0.2, 0.25) is 0 Å². The molecule has 0 aliphatic carbocycles. The molecule has 2 N–H and O–H groups in total. The summed E-state index contributed by atoms with van der Waals surface area (Å²) in [5.74, 6) is 0.463. The van der Waals surface area contributed by atoms with Crippen molar-refractivity contribution in [1.29, 1.82) is 0 Å². The van der Waals surface area contributed by atoms with Gasteiger partial charge in [-0.2, -0.15) is 5.11 Å². The summed E-state index contributed by atoms with van der Waals surface area (Å²) >= 11 is 5.84. The first-order valence-corrected chi connectivity index (χ1v) is 4.27. The van der Waals surface area contributed by atoms with Crippen molar-refractivity contribution in [3.8, 4) is 0 Å². The van der Waals surface area contributed by atoms with E-state index in [-0.39, 0.29) is 6.04 Å². The first kappa shape index (κ1) is 8.26. The van der Waals surface area contributed by atoms with Gasteiger partial charge < -0.3 is 5.73 Å². The Bertz CT molecular complexity index is 384. The molecular weight excluding hydrogens is 186 g/mol. The second-order valence-corrected chi connectivity index (χ2v) is 3.24. The Balaban J connectivity index is 2.32. The van der Waals surface area contributed by atoms with Crippen LogP contribution in [0.2, 0.25) is 5.02 Å². The number of hydrogen-bond acceptors (Lipinski definition) is 3. The lowest BCUT2D eigenvalue weighted by Gasteiger charge is -2.02. The van der Waals surface area contributed by atoms with Crippen molar-refractivity contribution < 1.29 is 0 Å². The van der Waals surface area contributed by atoms with E-state index >= 15 is 0 Å². The van der Waals surface area contributed by atoms with Gasteiger partial charge in [0, 0.05) is 5.02 Å². The monoisotopic (exact) mass is 193 g/mol. The summed E-state index contributed by atoms with van der Waals surface area (Å²) < 4.78 is 0. The molecule has 1 aromatic carbocycles. The lowest BCUT2D eigenvalue weighted by atomic mass is 10.1. The van der Waals surface area contributed by atoms with Crippen LogP contribution in [0.5, 0.6) is 0 Å². The minimum Gasteiger partial charge on any atom is -0.382 e. The zero-order valence-corrected chi connectivity index (χ0v) is 7.57. The van der Waals surface area contributed by atoms with Crippen molar-refractivity contribution in [2.45, 2.75) is 6.04 Å². The number of halogens is 1. The number of benzene rings is 1. The highest BCUT2D eigenvalue weighted by atomic mass is 35.5. The Morgan fingerprint density at radius 2 is 2.23 bits per heavy atom. The van der Waals surface area contributed by atoms with E-state index in [0.29, 0.717) is 10.8 Å². The van der Waals surface area contributed by atoms with Gasteiger partial charge in [-0.25, -0.2) is 0 Å². The minimum atomic E-state index is -0.0706. The Morgan fingerprint density at radius 3 is 2.85 bits per heavy atom. The van der Waals surface area contributed by atoms with E-state index in [9.17, 15) is 0 Å². The lowest BCUT2D eigenvalue weighted by Crippen LogP contribution is -1.91. The van der Waals surface area contributed by atoms with Crippen LogP contribution in [0.15, 0.2) is 46.4 Å². The Morgan fingerprint density at radius 1 is 1.38 bits per heavy atom. The second-order valence-electron chi connectivity index (χ2n) is 2.81. The summed E-state index contributed by atoms with van der Waals surface area (Å²) in [7, 11) is 0. The highest BCUT2D eigenvalue weighted by Gasteiger charge is 2.12. The second kappa shape index (κ2) is 3.18. The molecule has 66 valence electrons. The highest BCUT2D eigenvalue weighted by Crippen LogP contribution is 2.26.